The lowest BCUT2D eigenvalue weighted by Gasteiger charge is -2.08. The first kappa shape index (κ1) is 5.10. The summed E-state index contributed by atoms with van der Waals surface area (Å²) in [5.74, 6) is 0. The van der Waals surface area contributed by atoms with Gasteiger partial charge < -0.3 is 5.32 Å². The van der Waals surface area contributed by atoms with E-state index < -0.39 is 0 Å². The monoisotopic (exact) mass is 100 g/mol. The van der Waals surface area contributed by atoms with Crippen molar-refractivity contribution in [2.24, 2.45) is 5.41 Å². The van der Waals surface area contributed by atoms with Crippen LogP contribution in [0, 0.1) is 5.41 Å². The molecule has 0 unspecified atom stereocenters. The number of hydrogen-bond donors (Lipinski definition) is 1. The standard InChI is InChI=1S/C6H13N/c1-6(2)3-4-7-5-6/h7H,3-5H2,1-2H3/p+1. The van der Waals surface area contributed by atoms with Crippen molar-refractivity contribution in [3.8, 4) is 0 Å². The largest absolute Gasteiger partial charge is 0.346 e. The molecule has 0 spiro atoms. The van der Waals surface area contributed by atoms with Gasteiger partial charge in [-0.1, -0.05) is 13.8 Å². The Morgan fingerprint density at radius 1 is 1.43 bits per heavy atom. The molecule has 0 aromatic rings. The Hall–Kier alpha value is -0.0400. The van der Waals surface area contributed by atoms with Crippen molar-refractivity contribution in [3.63, 3.8) is 0 Å². The second kappa shape index (κ2) is 1.48. The van der Waals surface area contributed by atoms with Gasteiger partial charge in [0.05, 0.1) is 13.1 Å². The zero-order chi connectivity index (χ0) is 5.33. The lowest BCUT2D eigenvalue weighted by atomic mass is 9.93. The molecule has 0 radical (unpaired) electrons. The highest BCUT2D eigenvalue weighted by molar-refractivity contribution is 4.68. The summed E-state index contributed by atoms with van der Waals surface area (Å²) in [5.41, 5.74) is 0.639. The Labute approximate surface area is 45.1 Å². The lowest BCUT2D eigenvalue weighted by molar-refractivity contribution is -0.640. The van der Waals surface area contributed by atoms with Crippen LogP contribution in [0.25, 0.3) is 0 Å². The van der Waals surface area contributed by atoms with Crippen LogP contribution >= 0.6 is 0 Å². The van der Waals surface area contributed by atoms with Crippen LogP contribution in [0.5, 0.6) is 0 Å². The SMILES string of the molecule is CC1(C)CC[NH2+]C1. The highest BCUT2D eigenvalue weighted by atomic mass is 14.9. The molecule has 1 aliphatic rings. The highest BCUT2D eigenvalue weighted by Crippen LogP contribution is 2.18. The van der Waals surface area contributed by atoms with Crippen LogP contribution in [0.3, 0.4) is 0 Å². The van der Waals surface area contributed by atoms with Crippen LogP contribution in [-0.4, -0.2) is 13.1 Å². The van der Waals surface area contributed by atoms with Crippen molar-refractivity contribution in [2.75, 3.05) is 13.1 Å². The van der Waals surface area contributed by atoms with E-state index in [1.165, 1.54) is 19.5 Å². The van der Waals surface area contributed by atoms with Gasteiger partial charge in [0.1, 0.15) is 0 Å². The molecule has 0 aliphatic carbocycles. The summed E-state index contributed by atoms with van der Waals surface area (Å²) in [6.07, 6.45) is 1.40. The fourth-order valence-electron chi connectivity index (χ4n) is 1.09. The molecule has 1 aliphatic heterocycles. The molecule has 42 valence electrons. The normalized spacial score (nSPS) is 28.3. The Bertz CT molecular complexity index is 58.6. The summed E-state index contributed by atoms with van der Waals surface area (Å²) in [7, 11) is 0. The number of rotatable bonds is 0. The second-order valence-electron chi connectivity index (χ2n) is 3.20. The summed E-state index contributed by atoms with van der Waals surface area (Å²) in [5, 5.41) is 2.39. The molecular weight excluding hydrogens is 86.1 g/mol. The molecule has 0 aromatic carbocycles. The average Bonchev–Trinajstić information content (AvgIpc) is 1.84. The van der Waals surface area contributed by atoms with Gasteiger partial charge in [0.2, 0.25) is 0 Å². The molecule has 2 N–H and O–H groups in total. The van der Waals surface area contributed by atoms with Crippen LogP contribution in [0.15, 0.2) is 0 Å². The molecule has 7 heavy (non-hydrogen) atoms. The van der Waals surface area contributed by atoms with Gasteiger partial charge in [0.15, 0.2) is 0 Å². The molecule has 0 atom stereocenters. The smallest absolute Gasteiger partial charge is 0.0809 e. The van der Waals surface area contributed by atoms with Crippen LogP contribution in [-0.2, 0) is 0 Å². The number of nitrogens with two attached hydrogens (primary N) is 1. The Morgan fingerprint density at radius 3 is 2.29 bits per heavy atom. The van der Waals surface area contributed by atoms with Crippen molar-refractivity contribution in [3.05, 3.63) is 0 Å². The van der Waals surface area contributed by atoms with Crippen LogP contribution in [0.4, 0.5) is 0 Å². The minimum absolute atomic E-state index is 0.639. The average molecular weight is 100 g/mol. The first-order chi connectivity index (χ1) is 3.21. The predicted octanol–water partition coefficient (Wildman–Crippen LogP) is -0.0203. The third kappa shape index (κ3) is 1.16. The first-order valence-electron chi connectivity index (χ1n) is 3.02. The Morgan fingerprint density at radius 2 is 2.14 bits per heavy atom. The summed E-state index contributed by atoms with van der Waals surface area (Å²) >= 11 is 0. The van der Waals surface area contributed by atoms with E-state index in [1.807, 2.05) is 0 Å². The van der Waals surface area contributed by atoms with E-state index in [0.29, 0.717) is 5.41 Å². The Kier molecular flexibility index (Phi) is 1.08. The van der Waals surface area contributed by atoms with E-state index >= 15 is 0 Å². The van der Waals surface area contributed by atoms with Gasteiger partial charge in [-0.2, -0.15) is 0 Å². The highest BCUT2D eigenvalue weighted by Gasteiger charge is 2.25. The van der Waals surface area contributed by atoms with Crippen LogP contribution < -0.4 is 5.32 Å². The molecular formula is C6H14N+. The molecule has 0 aromatic heterocycles. The minimum atomic E-state index is 0.639. The van der Waals surface area contributed by atoms with Gasteiger partial charge in [0.25, 0.3) is 0 Å². The summed E-state index contributed by atoms with van der Waals surface area (Å²) in [4.78, 5) is 0. The third-order valence-electron chi connectivity index (χ3n) is 1.72. The van der Waals surface area contributed by atoms with E-state index in [9.17, 15) is 0 Å². The first-order valence-corrected chi connectivity index (χ1v) is 3.02. The van der Waals surface area contributed by atoms with E-state index in [1.54, 1.807) is 0 Å². The zero-order valence-electron chi connectivity index (χ0n) is 5.20. The molecule has 1 saturated heterocycles. The lowest BCUT2D eigenvalue weighted by Crippen LogP contribution is -2.81. The van der Waals surface area contributed by atoms with E-state index in [4.69, 9.17) is 0 Å². The fraction of sp³-hybridized carbons (Fsp3) is 1.00. The van der Waals surface area contributed by atoms with Crippen molar-refractivity contribution in [1.29, 1.82) is 0 Å². The van der Waals surface area contributed by atoms with Crippen LogP contribution in [0.1, 0.15) is 20.3 Å². The minimum Gasteiger partial charge on any atom is -0.346 e. The maximum Gasteiger partial charge on any atom is 0.0809 e. The van der Waals surface area contributed by atoms with E-state index in [2.05, 4.69) is 19.2 Å². The molecule has 1 heteroatoms. The summed E-state index contributed by atoms with van der Waals surface area (Å²) in [6.45, 7) is 7.33. The number of quaternary nitrogens is 1. The molecule has 0 saturated carbocycles. The van der Waals surface area contributed by atoms with Gasteiger partial charge in [-0.15, -0.1) is 0 Å². The van der Waals surface area contributed by atoms with Crippen molar-refractivity contribution in [2.45, 2.75) is 20.3 Å². The molecule has 0 amide bonds. The quantitative estimate of drug-likeness (QED) is 0.440. The van der Waals surface area contributed by atoms with Gasteiger partial charge in [0, 0.05) is 11.8 Å². The molecule has 1 heterocycles. The van der Waals surface area contributed by atoms with Gasteiger partial charge in [-0.3, -0.25) is 0 Å². The Balaban J connectivity index is 2.40. The van der Waals surface area contributed by atoms with Crippen molar-refractivity contribution < 1.29 is 5.32 Å². The molecule has 1 nitrogen and oxygen atoms in total. The zero-order valence-corrected chi connectivity index (χ0v) is 5.20. The van der Waals surface area contributed by atoms with E-state index in [0.717, 1.165) is 0 Å². The second-order valence-corrected chi connectivity index (χ2v) is 3.20. The maximum atomic E-state index is 2.39. The van der Waals surface area contributed by atoms with Crippen LogP contribution in [0.2, 0.25) is 0 Å². The summed E-state index contributed by atoms with van der Waals surface area (Å²) < 4.78 is 0. The molecule has 1 fully saturated rings. The van der Waals surface area contributed by atoms with E-state index in [-0.39, 0.29) is 0 Å². The maximum absolute atomic E-state index is 2.39. The molecule has 0 bridgehead atoms. The molecule has 1 rings (SSSR count). The topological polar surface area (TPSA) is 16.6 Å². The van der Waals surface area contributed by atoms with Crippen molar-refractivity contribution in [1.82, 2.24) is 0 Å². The van der Waals surface area contributed by atoms with Gasteiger partial charge in [-0.05, 0) is 0 Å². The fourth-order valence-corrected chi connectivity index (χ4v) is 1.09. The predicted molar refractivity (Wildman–Crippen MR) is 30.1 cm³/mol. The number of hydrogen-bond acceptors (Lipinski definition) is 0. The van der Waals surface area contributed by atoms with Crippen molar-refractivity contribution >= 4 is 0 Å². The van der Waals surface area contributed by atoms with Gasteiger partial charge >= 0.3 is 0 Å². The third-order valence-corrected chi connectivity index (χ3v) is 1.72. The summed E-state index contributed by atoms with van der Waals surface area (Å²) in [6, 6.07) is 0. The van der Waals surface area contributed by atoms with Gasteiger partial charge in [-0.25, -0.2) is 0 Å².